The zero-order valence-corrected chi connectivity index (χ0v) is 22.7. The number of rotatable bonds is 10. The van der Waals surface area contributed by atoms with Crippen molar-refractivity contribution in [1.29, 1.82) is 0 Å². The van der Waals surface area contributed by atoms with Crippen LogP contribution < -0.4 is 28.4 Å². The van der Waals surface area contributed by atoms with E-state index >= 15 is 0 Å². The molecule has 0 atom stereocenters. The molecule has 40 heavy (non-hydrogen) atoms. The van der Waals surface area contributed by atoms with Gasteiger partial charge in [0.05, 0.1) is 42.7 Å². The number of methoxy groups -OCH3 is 6. The van der Waals surface area contributed by atoms with Crippen molar-refractivity contribution in [3.63, 3.8) is 0 Å². The molecule has 13 nitrogen and oxygen atoms in total. The molecule has 0 radical (unpaired) electrons. The van der Waals surface area contributed by atoms with Crippen LogP contribution in [-0.2, 0) is 0 Å². The van der Waals surface area contributed by atoms with Gasteiger partial charge in [0.25, 0.3) is 0 Å². The number of aromatic amines is 2. The Bertz CT molecular complexity index is 1480. The van der Waals surface area contributed by atoms with E-state index in [0.29, 0.717) is 80.3 Å². The molecule has 0 unspecified atom stereocenters. The van der Waals surface area contributed by atoms with Crippen LogP contribution in [0.25, 0.3) is 45.8 Å². The molecule has 5 aromatic rings. The van der Waals surface area contributed by atoms with Crippen LogP contribution in [0.1, 0.15) is 0 Å². The highest BCUT2D eigenvalue weighted by atomic mass is 16.5. The van der Waals surface area contributed by atoms with Crippen LogP contribution in [0.3, 0.4) is 0 Å². The Hall–Kier alpha value is -5.33. The van der Waals surface area contributed by atoms with Gasteiger partial charge in [-0.15, -0.1) is 0 Å². The fourth-order valence-corrected chi connectivity index (χ4v) is 4.13. The Kier molecular flexibility index (Phi) is 7.35. The van der Waals surface area contributed by atoms with Gasteiger partial charge in [-0.05, 0) is 36.4 Å². The van der Waals surface area contributed by atoms with Gasteiger partial charge >= 0.3 is 0 Å². The Balaban J connectivity index is 1.45. The number of hydrogen-bond acceptors (Lipinski definition) is 11. The number of hydrogen-bond donors (Lipinski definition) is 2. The van der Waals surface area contributed by atoms with Crippen molar-refractivity contribution in [2.24, 2.45) is 0 Å². The third kappa shape index (κ3) is 4.79. The molecular formula is C27H27N7O6. The number of nitrogens with one attached hydrogen (secondary N) is 2. The summed E-state index contributed by atoms with van der Waals surface area (Å²) in [5.74, 6) is 4.76. The number of pyridine rings is 1. The Morgan fingerprint density at radius 2 is 0.875 bits per heavy atom. The van der Waals surface area contributed by atoms with Crippen molar-refractivity contribution in [2.45, 2.75) is 0 Å². The van der Waals surface area contributed by atoms with Crippen molar-refractivity contribution in [3.8, 4) is 80.3 Å². The van der Waals surface area contributed by atoms with Gasteiger partial charge in [0.15, 0.2) is 46.3 Å². The number of ether oxygens (including phenoxy) is 6. The Labute approximate surface area is 229 Å². The topological polar surface area (TPSA) is 151 Å². The molecule has 0 spiro atoms. The van der Waals surface area contributed by atoms with Crippen LogP contribution in [0.2, 0.25) is 0 Å². The Morgan fingerprint density at radius 3 is 1.20 bits per heavy atom. The molecule has 206 valence electrons. The molecule has 0 saturated carbocycles. The third-order valence-corrected chi connectivity index (χ3v) is 6.05. The van der Waals surface area contributed by atoms with Crippen LogP contribution in [0.5, 0.6) is 34.5 Å². The highest BCUT2D eigenvalue weighted by Gasteiger charge is 2.19. The number of benzene rings is 2. The first kappa shape index (κ1) is 26.3. The summed E-state index contributed by atoms with van der Waals surface area (Å²) in [4.78, 5) is 14.0. The normalized spacial score (nSPS) is 10.8. The highest BCUT2D eigenvalue weighted by Crippen LogP contribution is 2.42. The lowest BCUT2D eigenvalue weighted by Gasteiger charge is -2.12. The number of H-pyrrole nitrogens is 2. The molecule has 0 aliphatic carbocycles. The van der Waals surface area contributed by atoms with E-state index < -0.39 is 0 Å². The van der Waals surface area contributed by atoms with Crippen LogP contribution in [-0.4, -0.2) is 78.0 Å². The maximum Gasteiger partial charge on any atom is 0.203 e. The minimum Gasteiger partial charge on any atom is -0.493 e. The first-order chi connectivity index (χ1) is 19.5. The third-order valence-electron chi connectivity index (χ3n) is 6.05. The maximum absolute atomic E-state index is 5.45. The van der Waals surface area contributed by atoms with Crippen molar-refractivity contribution in [1.82, 2.24) is 35.3 Å². The summed E-state index contributed by atoms with van der Waals surface area (Å²) >= 11 is 0. The van der Waals surface area contributed by atoms with Gasteiger partial charge in [-0.3, -0.25) is 10.2 Å². The van der Waals surface area contributed by atoms with E-state index in [2.05, 4.69) is 30.4 Å². The molecule has 13 heteroatoms. The molecule has 0 aliphatic rings. The molecule has 3 heterocycles. The summed E-state index contributed by atoms with van der Waals surface area (Å²) < 4.78 is 32.6. The summed E-state index contributed by atoms with van der Waals surface area (Å²) in [6.07, 6.45) is 0. The number of nitrogens with zero attached hydrogens (tertiary/aromatic N) is 5. The van der Waals surface area contributed by atoms with Crippen molar-refractivity contribution >= 4 is 0 Å². The molecule has 3 aromatic heterocycles. The highest BCUT2D eigenvalue weighted by molar-refractivity contribution is 5.70. The van der Waals surface area contributed by atoms with E-state index in [-0.39, 0.29) is 0 Å². The molecule has 0 aliphatic heterocycles. The molecule has 0 bridgehead atoms. The number of aromatic nitrogens is 7. The van der Waals surface area contributed by atoms with Crippen molar-refractivity contribution in [2.75, 3.05) is 42.7 Å². The Morgan fingerprint density at radius 1 is 0.500 bits per heavy atom. The molecule has 0 amide bonds. The maximum atomic E-state index is 5.45. The summed E-state index contributed by atoms with van der Waals surface area (Å²) in [6.45, 7) is 0. The van der Waals surface area contributed by atoms with E-state index in [4.69, 9.17) is 33.4 Å². The van der Waals surface area contributed by atoms with Crippen molar-refractivity contribution in [3.05, 3.63) is 42.5 Å². The molecule has 5 rings (SSSR count). The summed E-state index contributed by atoms with van der Waals surface area (Å²) in [5.41, 5.74) is 2.49. The second-order valence-corrected chi connectivity index (χ2v) is 8.25. The predicted octanol–water partition coefficient (Wildman–Crippen LogP) is 4.04. The lowest BCUT2D eigenvalue weighted by Crippen LogP contribution is -1.96. The smallest absolute Gasteiger partial charge is 0.203 e. The van der Waals surface area contributed by atoms with E-state index in [0.717, 1.165) is 0 Å². The lowest BCUT2D eigenvalue weighted by molar-refractivity contribution is 0.324. The van der Waals surface area contributed by atoms with Crippen LogP contribution in [0, 0.1) is 0 Å². The van der Waals surface area contributed by atoms with Gasteiger partial charge < -0.3 is 28.4 Å². The summed E-state index contributed by atoms with van der Waals surface area (Å²) in [7, 11) is 9.30. The van der Waals surface area contributed by atoms with E-state index in [1.165, 1.54) is 0 Å². The van der Waals surface area contributed by atoms with E-state index in [9.17, 15) is 0 Å². The van der Waals surface area contributed by atoms with Gasteiger partial charge in [0, 0.05) is 11.1 Å². The monoisotopic (exact) mass is 545 g/mol. The fourth-order valence-electron chi connectivity index (χ4n) is 4.13. The average molecular weight is 546 g/mol. The summed E-state index contributed by atoms with van der Waals surface area (Å²) in [5, 5.41) is 14.6. The molecule has 0 fully saturated rings. The van der Waals surface area contributed by atoms with E-state index in [1.54, 1.807) is 66.9 Å². The van der Waals surface area contributed by atoms with Gasteiger partial charge in [-0.25, -0.2) is 15.0 Å². The van der Waals surface area contributed by atoms with Crippen LogP contribution >= 0.6 is 0 Å². The molecule has 2 N–H and O–H groups in total. The van der Waals surface area contributed by atoms with Crippen molar-refractivity contribution < 1.29 is 28.4 Å². The largest absolute Gasteiger partial charge is 0.493 e. The quantitative estimate of drug-likeness (QED) is 0.262. The van der Waals surface area contributed by atoms with E-state index in [1.807, 2.05) is 18.2 Å². The zero-order chi connectivity index (χ0) is 28.2. The second kappa shape index (κ2) is 11.2. The standard InChI is InChI=1S/C27H27N7O6/c1-35-18-10-14(11-19(36-2)22(18)39-5)24-29-26(33-31-24)16-8-7-9-17(28-16)27-30-25(32-34-27)15-12-20(37-3)23(40-6)21(13-15)38-4/h7-13H,1-6H3,(H,29,31,33)(H,30,32,34). The molecule has 0 saturated heterocycles. The molecule has 2 aromatic carbocycles. The fraction of sp³-hybridized carbons (Fsp3) is 0.222. The minimum atomic E-state index is 0.436. The SMILES string of the molecule is COc1cc(-c2n[nH]c(-c3cccc(-c4nc(-c5cc(OC)c(OC)c(OC)c5)n[nH]4)n3)n2)cc(OC)c1OC. The molecular weight excluding hydrogens is 518 g/mol. The average Bonchev–Trinajstić information content (AvgIpc) is 3.70. The van der Waals surface area contributed by atoms with Crippen LogP contribution in [0.4, 0.5) is 0 Å². The predicted molar refractivity (Wildman–Crippen MR) is 145 cm³/mol. The zero-order valence-electron chi connectivity index (χ0n) is 22.7. The first-order valence-corrected chi connectivity index (χ1v) is 12.0. The van der Waals surface area contributed by atoms with Gasteiger partial charge in [0.1, 0.15) is 11.4 Å². The first-order valence-electron chi connectivity index (χ1n) is 12.0. The lowest BCUT2D eigenvalue weighted by atomic mass is 10.1. The van der Waals surface area contributed by atoms with Gasteiger partial charge in [-0.2, -0.15) is 10.2 Å². The minimum absolute atomic E-state index is 0.436. The van der Waals surface area contributed by atoms with Gasteiger partial charge in [-0.1, -0.05) is 6.07 Å². The van der Waals surface area contributed by atoms with Gasteiger partial charge in [0.2, 0.25) is 11.5 Å². The summed E-state index contributed by atoms with van der Waals surface area (Å²) in [6, 6.07) is 12.6. The second-order valence-electron chi connectivity index (χ2n) is 8.25. The van der Waals surface area contributed by atoms with Crippen LogP contribution in [0.15, 0.2) is 42.5 Å².